The van der Waals surface area contributed by atoms with Crippen molar-refractivity contribution in [1.82, 2.24) is 24.7 Å². The highest BCUT2D eigenvalue weighted by molar-refractivity contribution is 7.71. The summed E-state index contributed by atoms with van der Waals surface area (Å²) in [6.07, 6.45) is -3.35. The van der Waals surface area contributed by atoms with Gasteiger partial charge in [-0.3, -0.25) is 4.68 Å². The van der Waals surface area contributed by atoms with E-state index in [0.29, 0.717) is 15.9 Å². The van der Waals surface area contributed by atoms with Gasteiger partial charge in [-0.2, -0.15) is 28.0 Å². The lowest BCUT2D eigenvalue weighted by atomic mass is 10.2. The average molecular weight is 304 g/mol. The first-order valence-corrected chi connectivity index (χ1v) is 5.92. The Morgan fingerprint density at radius 2 is 2.00 bits per heavy atom. The maximum absolute atomic E-state index is 12.7. The number of H-pyrrole nitrogens is 1. The Hall–Kier alpha value is -1.97. The lowest BCUT2D eigenvalue weighted by molar-refractivity contribution is -0.147. The first kappa shape index (κ1) is 14.4. The number of aromatic amines is 1. The van der Waals surface area contributed by atoms with Crippen molar-refractivity contribution in [1.29, 1.82) is 0 Å². The van der Waals surface area contributed by atoms with Gasteiger partial charge in [0.05, 0.1) is 11.9 Å². The van der Waals surface area contributed by atoms with E-state index in [-0.39, 0.29) is 4.77 Å². The maximum atomic E-state index is 12.7. The Morgan fingerprint density at radius 1 is 1.35 bits per heavy atom. The number of halogens is 3. The second kappa shape index (κ2) is 4.85. The van der Waals surface area contributed by atoms with Crippen LogP contribution in [0.1, 0.15) is 22.8 Å². The minimum absolute atomic E-state index is 0.229. The molecule has 0 saturated heterocycles. The zero-order valence-electron chi connectivity index (χ0n) is 10.9. The number of hydrogen-bond acceptors (Lipinski definition) is 4. The van der Waals surface area contributed by atoms with E-state index in [4.69, 9.17) is 12.2 Å². The third-order valence-electron chi connectivity index (χ3n) is 2.77. The van der Waals surface area contributed by atoms with Crippen LogP contribution in [0.4, 0.5) is 13.2 Å². The molecule has 0 atom stereocenters. The smallest absolute Gasteiger partial charge is 0.272 e. The van der Waals surface area contributed by atoms with Gasteiger partial charge in [0, 0.05) is 18.3 Å². The second-order valence-corrected chi connectivity index (χ2v) is 4.50. The molecule has 0 aromatic carbocycles. The van der Waals surface area contributed by atoms with Crippen molar-refractivity contribution in [3.8, 4) is 0 Å². The van der Waals surface area contributed by atoms with Crippen molar-refractivity contribution in [3.05, 3.63) is 27.5 Å². The van der Waals surface area contributed by atoms with Gasteiger partial charge in [-0.05, 0) is 26.1 Å². The third-order valence-corrected chi connectivity index (χ3v) is 3.04. The van der Waals surface area contributed by atoms with E-state index in [1.165, 1.54) is 6.21 Å². The quantitative estimate of drug-likeness (QED) is 0.683. The maximum Gasteiger partial charge on any atom is 0.453 e. The first-order valence-electron chi connectivity index (χ1n) is 5.51. The lowest BCUT2D eigenvalue weighted by Crippen LogP contribution is -2.13. The van der Waals surface area contributed by atoms with E-state index in [0.717, 1.165) is 5.69 Å². The van der Waals surface area contributed by atoms with Crippen LogP contribution in [0.5, 0.6) is 0 Å². The van der Waals surface area contributed by atoms with Gasteiger partial charge < -0.3 is 0 Å². The lowest BCUT2D eigenvalue weighted by Gasteiger charge is -2.03. The van der Waals surface area contributed by atoms with E-state index in [9.17, 15) is 13.2 Å². The van der Waals surface area contributed by atoms with Crippen LogP contribution in [0, 0.1) is 18.6 Å². The molecule has 6 nitrogen and oxygen atoms in total. The molecule has 2 rings (SSSR count). The van der Waals surface area contributed by atoms with E-state index in [2.05, 4.69) is 20.4 Å². The number of alkyl halides is 3. The van der Waals surface area contributed by atoms with Crippen LogP contribution in [0.3, 0.4) is 0 Å². The van der Waals surface area contributed by atoms with Crippen molar-refractivity contribution < 1.29 is 13.2 Å². The van der Waals surface area contributed by atoms with Gasteiger partial charge >= 0.3 is 6.18 Å². The van der Waals surface area contributed by atoms with Crippen LogP contribution in [-0.2, 0) is 13.2 Å². The van der Waals surface area contributed by atoms with Gasteiger partial charge in [-0.1, -0.05) is 0 Å². The molecule has 0 aliphatic heterocycles. The molecular weight excluding hydrogens is 293 g/mol. The molecule has 0 aliphatic carbocycles. The van der Waals surface area contributed by atoms with E-state index in [1.54, 1.807) is 25.6 Å². The van der Waals surface area contributed by atoms with Crippen molar-refractivity contribution in [2.24, 2.45) is 12.1 Å². The summed E-state index contributed by atoms with van der Waals surface area (Å²) in [6, 6.07) is 0. The van der Waals surface area contributed by atoms with Gasteiger partial charge in [0.1, 0.15) is 0 Å². The Morgan fingerprint density at radius 3 is 2.50 bits per heavy atom. The number of nitrogens with zero attached hydrogens (tertiary/aromatic N) is 5. The zero-order valence-corrected chi connectivity index (χ0v) is 11.7. The second-order valence-electron chi connectivity index (χ2n) is 4.11. The molecule has 2 aromatic rings. The molecule has 20 heavy (non-hydrogen) atoms. The summed E-state index contributed by atoms with van der Waals surface area (Å²) in [5.41, 5.74) is 2.09. The highest BCUT2D eigenvalue weighted by Gasteiger charge is 2.37. The van der Waals surface area contributed by atoms with Gasteiger partial charge in [-0.25, -0.2) is 5.10 Å². The monoisotopic (exact) mass is 304 g/mol. The number of rotatable bonds is 2. The first-order chi connectivity index (χ1) is 9.21. The average Bonchev–Trinajstić information content (AvgIpc) is 2.80. The SMILES string of the molecule is Cc1nn(C)c(C)c1C=Nn1c(C(F)(F)F)n[nH]c1=S. The summed E-state index contributed by atoms with van der Waals surface area (Å²) in [5, 5.41) is 13.1. The molecule has 0 spiro atoms. The Balaban J connectivity index is 2.47. The van der Waals surface area contributed by atoms with Crippen molar-refractivity contribution >= 4 is 18.4 Å². The van der Waals surface area contributed by atoms with Gasteiger partial charge in [0.15, 0.2) is 0 Å². The molecule has 0 aliphatic rings. The summed E-state index contributed by atoms with van der Waals surface area (Å²) in [5.74, 6) is -1.20. The molecule has 0 radical (unpaired) electrons. The molecule has 1 N–H and O–H groups in total. The predicted molar refractivity (Wildman–Crippen MR) is 68.1 cm³/mol. The molecule has 0 amide bonds. The van der Waals surface area contributed by atoms with Crippen LogP contribution >= 0.6 is 12.2 Å². The Labute approximate surface area is 116 Å². The summed E-state index contributed by atoms with van der Waals surface area (Å²) >= 11 is 4.74. The van der Waals surface area contributed by atoms with E-state index >= 15 is 0 Å². The topological polar surface area (TPSA) is 63.8 Å². The molecule has 0 fully saturated rings. The van der Waals surface area contributed by atoms with Gasteiger partial charge in [0.25, 0.3) is 5.82 Å². The highest BCUT2D eigenvalue weighted by Crippen LogP contribution is 2.27. The molecule has 0 saturated carbocycles. The molecule has 2 heterocycles. The van der Waals surface area contributed by atoms with Crippen molar-refractivity contribution in [2.75, 3.05) is 0 Å². The summed E-state index contributed by atoms with van der Waals surface area (Å²) in [4.78, 5) is 0. The van der Waals surface area contributed by atoms with Crippen LogP contribution in [0.25, 0.3) is 0 Å². The molecule has 108 valence electrons. The summed E-state index contributed by atoms with van der Waals surface area (Å²) in [7, 11) is 1.74. The largest absolute Gasteiger partial charge is 0.453 e. The van der Waals surface area contributed by atoms with Gasteiger partial charge in [-0.15, -0.1) is 5.10 Å². The fourth-order valence-corrected chi connectivity index (χ4v) is 1.85. The Kier molecular flexibility index (Phi) is 3.50. The molecular formula is C10H11F3N6S. The molecule has 10 heteroatoms. The fourth-order valence-electron chi connectivity index (χ4n) is 1.67. The zero-order chi connectivity index (χ0) is 15.1. The fraction of sp³-hybridized carbons (Fsp3) is 0.400. The highest BCUT2D eigenvalue weighted by atomic mass is 32.1. The predicted octanol–water partition coefficient (Wildman–Crippen LogP) is 2.19. The summed E-state index contributed by atoms with van der Waals surface area (Å²) < 4.78 is 40.1. The number of aromatic nitrogens is 5. The molecule has 0 bridgehead atoms. The Bertz CT molecular complexity index is 720. The number of aryl methyl sites for hydroxylation is 2. The minimum atomic E-state index is -4.63. The van der Waals surface area contributed by atoms with Crippen molar-refractivity contribution in [3.63, 3.8) is 0 Å². The number of nitrogens with one attached hydrogen (secondary N) is 1. The normalized spacial score (nSPS) is 12.5. The van der Waals surface area contributed by atoms with E-state index in [1.807, 2.05) is 0 Å². The molecule has 0 unspecified atom stereocenters. The van der Waals surface area contributed by atoms with Crippen LogP contribution < -0.4 is 0 Å². The van der Waals surface area contributed by atoms with Crippen molar-refractivity contribution in [2.45, 2.75) is 20.0 Å². The molecule has 2 aromatic heterocycles. The van der Waals surface area contributed by atoms with E-state index < -0.39 is 12.0 Å². The van der Waals surface area contributed by atoms with Gasteiger partial charge in [0.2, 0.25) is 4.77 Å². The van der Waals surface area contributed by atoms with Crippen LogP contribution in [-0.4, -0.2) is 30.9 Å². The minimum Gasteiger partial charge on any atom is -0.272 e. The number of hydrogen-bond donors (Lipinski definition) is 1. The standard InChI is InChI=1S/C10H11F3N6S/c1-5-7(6(2)18(3)17-5)4-14-19-8(10(11,12)13)15-16-9(19)20/h4H,1-3H3,(H,16,20). The van der Waals surface area contributed by atoms with Crippen LogP contribution in [0.2, 0.25) is 0 Å². The summed E-state index contributed by atoms with van der Waals surface area (Å²) in [6.45, 7) is 3.54. The van der Waals surface area contributed by atoms with Crippen LogP contribution in [0.15, 0.2) is 5.10 Å². The third kappa shape index (κ3) is 2.50.